The van der Waals surface area contributed by atoms with Crippen molar-refractivity contribution in [1.82, 2.24) is 5.32 Å². The second-order valence-corrected chi connectivity index (χ2v) is 5.07. The average Bonchev–Trinajstić information content (AvgIpc) is 2.60. The molecule has 122 valence electrons. The normalized spacial score (nSPS) is 10.2. The molecule has 0 saturated carbocycles. The quantitative estimate of drug-likeness (QED) is 0.820. The molecule has 1 amide bonds. The van der Waals surface area contributed by atoms with Gasteiger partial charge in [0.1, 0.15) is 0 Å². The summed E-state index contributed by atoms with van der Waals surface area (Å²) >= 11 is 0. The summed E-state index contributed by atoms with van der Waals surface area (Å²) in [5.74, 6) is 0.955. The van der Waals surface area contributed by atoms with Gasteiger partial charge in [-0.1, -0.05) is 30.3 Å². The number of benzene rings is 2. The van der Waals surface area contributed by atoms with Crippen LogP contribution in [0.2, 0.25) is 0 Å². The molecule has 0 spiro atoms. The average molecular weight is 315 g/mol. The Labute approximate surface area is 135 Å². The van der Waals surface area contributed by atoms with Crippen LogP contribution in [0, 0.1) is 0 Å². The fraction of sp³-hybridized carbons (Fsp3) is 0.278. The van der Waals surface area contributed by atoms with Crippen molar-refractivity contribution >= 4 is 5.91 Å². The molecule has 2 aromatic carbocycles. The highest BCUT2D eigenvalue weighted by atomic mass is 16.5. The van der Waals surface area contributed by atoms with Crippen molar-refractivity contribution in [2.45, 2.75) is 19.6 Å². The zero-order valence-corrected chi connectivity index (χ0v) is 13.3. The van der Waals surface area contributed by atoms with E-state index in [4.69, 9.17) is 9.47 Å². The monoisotopic (exact) mass is 315 g/mol. The van der Waals surface area contributed by atoms with E-state index < -0.39 is 0 Å². The van der Waals surface area contributed by atoms with Gasteiger partial charge in [0.15, 0.2) is 11.5 Å². The minimum atomic E-state index is -0.165. The molecule has 0 aromatic heterocycles. The fourth-order valence-electron chi connectivity index (χ4n) is 2.31. The number of methoxy groups -OCH3 is 2. The van der Waals surface area contributed by atoms with Gasteiger partial charge in [-0.05, 0) is 28.8 Å². The maximum Gasteiger partial charge on any atom is 0.224 e. The first-order chi connectivity index (χ1) is 11.2. The van der Waals surface area contributed by atoms with Crippen LogP contribution in [0.5, 0.6) is 11.5 Å². The number of nitrogens with one attached hydrogen (secondary N) is 1. The van der Waals surface area contributed by atoms with Gasteiger partial charge in [-0.3, -0.25) is 4.79 Å². The number of hydrogen-bond acceptors (Lipinski definition) is 4. The van der Waals surface area contributed by atoms with Crippen LogP contribution >= 0.6 is 0 Å². The van der Waals surface area contributed by atoms with Crippen molar-refractivity contribution in [3.63, 3.8) is 0 Å². The van der Waals surface area contributed by atoms with E-state index in [1.165, 1.54) is 14.2 Å². The first kappa shape index (κ1) is 16.8. The van der Waals surface area contributed by atoms with Crippen LogP contribution in [0.3, 0.4) is 0 Å². The molecule has 23 heavy (non-hydrogen) atoms. The lowest BCUT2D eigenvalue weighted by molar-refractivity contribution is -0.120. The van der Waals surface area contributed by atoms with E-state index in [0.29, 0.717) is 23.6 Å². The zero-order valence-electron chi connectivity index (χ0n) is 13.3. The van der Waals surface area contributed by atoms with Crippen LogP contribution in [-0.4, -0.2) is 25.2 Å². The zero-order chi connectivity index (χ0) is 16.7. The van der Waals surface area contributed by atoms with Crippen LogP contribution in [0.4, 0.5) is 0 Å². The van der Waals surface area contributed by atoms with E-state index >= 15 is 0 Å². The maximum absolute atomic E-state index is 12.1. The second kappa shape index (κ2) is 8.19. The van der Waals surface area contributed by atoms with Crippen molar-refractivity contribution < 1.29 is 19.4 Å². The molecule has 0 heterocycles. The molecule has 0 fully saturated rings. The number of amides is 1. The van der Waals surface area contributed by atoms with E-state index in [1.54, 1.807) is 12.1 Å². The van der Waals surface area contributed by atoms with Crippen molar-refractivity contribution in [3.05, 3.63) is 59.2 Å². The summed E-state index contributed by atoms with van der Waals surface area (Å²) in [5.41, 5.74) is 2.41. The molecule has 2 aromatic rings. The molecular formula is C18H21NO4. The van der Waals surface area contributed by atoms with Crippen LogP contribution in [0.15, 0.2) is 42.5 Å². The molecule has 0 aliphatic rings. The second-order valence-electron chi connectivity index (χ2n) is 5.07. The van der Waals surface area contributed by atoms with Crippen LogP contribution in [0.25, 0.3) is 0 Å². The molecule has 0 bridgehead atoms. The van der Waals surface area contributed by atoms with Gasteiger partial charge in [-0.25, -0.2) is 0 Å². The summed E-state index contributed by atoms with van der Waals surface area (Å²) in [7, 11) is 3.07. The third kappa shape index (κ3) is 4.47. The van der Waals surface area contributed by atoms with Gasteiger partial charge in [0.2, 0.25) is 5.91 Å². The lowest BCUT2D eigenvalue weighted by atomic mass is 10.0. The summed E-state index contributed by atoms with van der Waals surface area (Å²) in [6.45, 7) is 0.309. The van der Waals surface area contributed by atoms with Crippen molar-refractivity contribution in [2.75, 3.05) is 14.2 Å². The Morgan fingerprint density at radius 1 is 1.04 bits per heavy atom. The van der Waals surface area contributed by atoms with E-state index in [0.717, 1.165) is 11.1 Å². The van der Waals surface area contributed by atoms with Gasteiger partial charge in [0.05, 0.1) is 27.2 Å². The highest BCUT2D eigenvalue weighted by Crippen LogP contribution is 2.30. The molecular weight excluding hydrogens is 294 g/mol. The van der Waals surface area contributed by atoms with Gasteiger partial charge < -0.3 is 19.9 Å². The highest BCUT2D eigenvalue weighted by molar-refractivity contribution is 5.79. The number of aliphatic hydroxyl groups excluding tert-OH is 1. The predicted molar refractivity (Wildman–Crippen MR) is 87.5 cm³/mol. The number of carbonyl (C=O) groups excluding carboxylic acids is 1. The Balaban J connectivity index is 2.07. The molecule has 2 rings (SSSR count). The SMILES string of the molecule is COc1cc(CO)c(CC(=O)NCc2ccccc2)cc1OC. The summed E-state index contributed by atoms with van der Waals surface area (Å²) in [6.07, 6.45) is 0.170. The first-order valence-corrected chi connectivity index (χ1v) is 7.33. The van der Waals surface area contributed by atoms with E-state index in [-0.39, 0.29) is 18.9 Å². The standard InChI is InChI=1S/C18H21NO4/c1-22-16-8-14(15(12-20)9-17(16)23-2)10-18(21)19-11-13-6-4-3-5-7-13/h3-9,20H,10-12H2,1-2H3,(H,19,21). The van der Waals surface area contributed by atoms with E-state index in [9.17, 15) is 9.90 Å². The van der Waals surface area contributed by atoms with Crippen molar-refractivity contribution in [2.24, 2.45) is 0 Å². The van der Waals surface area contributed by atoms with E-state index in [2.05, 4.69) is 5.32 Å². The number of ether oxygens (including phenoxy) is 2. The largest absolute Gasteiger partial charge is 0.493 e. The van der Waals surface area contributed by atoms with Gasteiger partial charge in [0, 0.05) is 6.54 Å². The lowest BCUT2D eigenvalue weighted by Gasteiger charge is -2.14. The molecule has 0 radical (unpaired) electrons. The van der Waals surface area contributed by atoms with Gasteiger partial charge in [-0.15, -0.1) is 0 Å². The molecule has 0 aliphatic carbocycles. The van der Waals surface area contributed by atoms with Crippen molar-refractivity contribution in [3.8, 4) is 11.5 Å². The minimum absolute atomic E-state index is 0.115. The Morgan fingerprint density at radius 3 is 2.22 bits per heavy atom. The Bertz CT molecular complexity index is 656. The molecule has 0 saturated heterocycles. The van der Waals surface area contributed by atoms with Crippen LogP contribution in [-0.2, 0) is 24.4 Å². The Morgan fingerprint density at radius 2 is 1.65 bits per heavy atom. The number of hydrogen-bond donors (Lipinski definition) is 2. The summed E-state index contributed by atoms with van der Waals surface area (Å²) in [4.78, 5) is 12.1. The number of aliphatic hydroxyl groups is 1. The third-order valence-electron chi connectivity index (χ3n) is 3.56. The predicted octanol–water partition coefficient (Wildman–Crippen LogP) is 2.06. The summed E-state index contributed by atoms with van der Waals surface area (Å²) < 4.78 is 10.5. The molecule has 2 N–H and O–H groups in total. The number of carbonyl (C=O) groups is 1. The summed E-state index contributed by atoms with van der Waals surface area (Å²) in [6, 6.07) is 13.1. The van der Waals surface area contributed by atoms with Crippen LogP contribution < -0.4 is 14.8 Å². The molecule has 0 unspecified atom stereocenters. The van der Waals surface area contributed by atoms with E-state index in [1.807, 2.05) is 30.3 Å². The Kier molecular flexibility index (Phi) is 6.00. The van der Waals surface area contributed by atoms with Gasteiger partial charge >= 0.3 is 0 Å². The molecule has 0 atom stereocenters. The fourth-order valence-corrected chi connectivity index (χ4v) is 2.31. The molecule has 5 heteroatoms. The molecule has 5 nitrogen and oxygen atoms in total. The smallest absolute Gasteiger partial charge is 0.224 e. The van der Waals surface area contributed by atoms with Crippen LogP contribution in [0.1, 0.15) is 16.7 Å². The Hall–Kier alpha value is -2.53. The third-order valence-corrected chi connectivity index (χ3v) is 3.56. The van der Waals surface area contributed by atoms with Gasteiger partial charge in [-0.2, -0.15) is 0 Å². The minimum Gasteiger partial charge on any atom is -0.493 e. The summed E-state index contributed by atoms with van der Waals surface area (Å²) in [5, 5.41) is 12.4. The lowest BCUT2D eigenvalue weighted by Crippen LogP contribution is -2.25. The molecule has 0 aliphatic heterocycles. The first-order valence-electron chi connectivity index (χ1n) is 7.33. The highest BCUT2D eigenvalue weighted by Gasteiger charge is 2.13. The van der Waals surface area contributed by atoms with Crippen molar-refractivity contribution in [1.29, 1.82) is 0 Å². The maximum atomic E-state index is 12.1. The van der Waals surface area contributed by atoms with Gasteiger partial charge in [0.25, 0.3) is 0 Å². The number of rotatable bonds is 7. The topological polar surface area (TPSA) is 67.8 Å².